The first-order valence-electron chi connectivity index (χ1n) is 5.81. The van der Waals surface area contributed by atoms with Gasteiger partial charge in [-0.3, -0.25) is 4.79 Å². The van der Waals surface area contributed by atoms with Crippen molar-refractivity contribution in [2.75, 3.05) is 14.2 Å². The van der Waals surface area contributed by atoms with Gasteiger partial charge in [0.15, 0.2) is 11.5 Å². The number of esters is 2. The number of benzene rings is 1. The Kier molecular flexibility index (Phi) is 5.94. The molecule has 1 aromatic rings. The minimum atomic E-state index is -1.11. The molecule has 0 saturated heterocycles. The number of hydrogen-bond acceptors (Lipinski definition) is 7. The third kappa shape index (κ3) is 4.98. The molecule has 0 aromatic heterocycles. The molecule has 7 nitrogen and oxygen atoms in total. The SMILES string of the molecule is COC(=O)/C=C/C(=O)C(=O)OCc1ccc(O)c(OC)c1. The van der Waals surface area contributed by atoms with Gasteiger partial charge in [0.05, 0.1) is 14.2 Å². The van der Waals surface area contributed by atoms with E-state index in [0.29, 0.717) is 5.56 Å². The number of aromatic hydroxyl groups is 1. The number of ketones is 1. The minimum absolute atomic E-state index is 0.0512. The van der Waals surface area contributed by atoms with Gasteiger partial charge in [-0.2, -0.15) is 0 Å². The molecule has 1 rings (SSSR count). The predicted octanol–water partition coefficient (Wildman–Crippen LogP) is 0.742. The van der Waals surface area contributed by atoms with Crippen LogP contribution in [0, 0.1) is 0 Å². The zero-order chi connectivity index (χ0) is 15.8. The number of methoxy groups -OCH3 is 2. The summed E-state index contributed by atoms with van der Waals surface area (Å²) in [5, 5.41) is 9.41. The summed E-state index contributed by atoms with van der Waals surface area (Å²) in [6.07, 6.45) is 1.60. The first-order chi connectivity index (χ1) is 9.97. The molecule has 0 aliphatic heterocycles. The van der Waals surface area contributed by atoms with Crippen molar-refractivity contribution in [3.8, 4) is 11.5 Å². The van der Waals surface area contributed by atoms with Crippen LogP contribution in [0.15, 0.2) is 30.4 Å². The highest BCUT2D eigenvalue weighted by Crippen LogP contribution is 2.26. The average Bonchev–Trinajstić information content (AvgIpc) is 2.50. The zero-order valence-corrected chi connectivity index (χ0v) is 11.5. The van der Waals surface area contributed by atoms with E-state index in [0.717, 1.165) is 19.3 Å². The van der Waals surface area contributed by atoms with Gasteiger partial charge >= 0.3 is 11.9 Å². The van der Waals surface area contributed by atoms with E-state index in [9.17, 15) is 19.5 Å². The van der Waals surface area contributed by atoms with E-state index in [1.165, 1.54) is 25.3 Å². The van der Waals surface area contributed by atoms with Crippen LogP contribution >= 0.6 is 0 Å². The summed E-state index contributed by atoms with van der Waals surface area (Å²) >= 11 is 0. The molecule has 0 aliphatic carbocycles. The van der Waals surface area contributed by atoms with Gasteiger partial charge in [-0.05, 0) is 17.7 Å². The third-order valence-electron chi connectivity index (χ3n) is 2.39. The lowest BCUT2D eigenvalue weighted by Gasteiger charge is -2.06. The van der Waals surface area contributed by atoms with E-state index < -0.39 is 17.7 Å². The lowest BCUT2D eigenvalue weighted by molar-refractivity contribution is -0.152. The second-order valence-corrected chi connectivity index (χ2v) is 3.80. The number of rotatable bonds is 6. The second kappa shape index (κ2) is 7.68. The number of phenols is 1. The summed E-state index contributed by atoms with van der Waals surface area (Å²) in [5.41, 5.74) is 0.530. The van der Waals surface area contributed by atoms with Crippen LogP contribution in [0.3, 0.4) is 0 Å². The molecule has 0 unspecified atom stereocenters. The van der Waals surface area contributed by atoms with Gasteiger partial charge in [-0.25, -0.2) is 9.59 Å². The maximum Gasteiger partial charge on any atom is 0.379 e. The van der Waals surface area contributed by atoms with E-state index in [1.807, 2.05) is 0 Å². The lowest BCUT2D eigenvalue weighted by atomic mass is 10.2. The van der Waals surface area contributed by atoms with E-state index in [4.69, 9.17) is 9.47 Å². The molecule has 0 atom stereocenters. The van der Waals surface area contributed by atoms with Crippen molar-refractivity contribution in [2.24, 2.45) is 0 Å². The Morgan fingerprint density at radius 2 is 1.90 bits per heavy atom. The number of phenolic OH excluding ortho intramolecular Hbond substituents is 1. The van der Waals surface area contributed by atoms with E-state index >= 15 is 0 Å². The maximum absolute atomic E-state index is 11.4. The van der Waals surface area contributed by atoms with Crippen LogP contribution < -0.4 is 4.74 Å². The molecular formula is C14H14O7. The highest BCUT2D eigenvalue weighted by atomic mass is 16.5. The van der Waals surface area contributed by atoms with Gasteiger partial charge in [0.1, 0.15) is 6.61 Å². The van der Waals surface area contributed by atoms with Crippen molar-refractivity contribution in [1.82, 2.24) is 0 Å². The lowest BCUT2D eigenvalue weighted by Crippen LogP contribution is -2.15. The largest absolute Gasteiger partial charge is 0.504 e. The minimum Gasteiger partial charge on any atom is -0.504 e. The molecular weight excluding hydrogens is 280 g/mol. The molecule has 0 heterocycles. The second-order valence-electron chi connectivity index (χ2n) is 3.80. The van der Waals surface area contributed by atoms with Crippen LogP contribution in [-0.2, 0) is 30.5 Å². The molecule has 0 spiro atoms. The van der Waals surface area contributed by atoms with Crippen molar-refractivity contribution in [2.45, 2.75) is 6.61 Å². The topological polar surface area (TPSA) is 99.1 Å². The van der Waals surface area contributed by atoms with Crippen molar-refractivity contribution < 1.29 is 33.7 Å². The molecule has 1 N–H and O–H groups in total. The van der Waals surface area contributed by atoms with Crippen LogP contribution in [0.2, 0.25) is 0 Å². The van der Waals surface area contributed by atoms with Crippen LogP contribution in [-0.4, -0.2) is 37.0 Å². The van der Waals surface area contributed by atoms with Gasteiger partial charge in [-0.1, -0.05) is 6.07 Å². The Labute approximate surface area is 120 Å². The number of carbonyl (C=O) groups excluding carboxylic acids is 3. The molecule has 0 bridgehead atoms. The third-order valence-corrected chi connectivity index (χ3v) is 2.39. The summed E-state index contributed by atoms with van der Waals surface area (Å²) in [4.78, 5) is 33.5. The Morgan fingerprint density at radius 3 is 2.52 bits per heavy atom. The Morgan fingerprint density at radius 1 is 1.19 bits per heavy atom. The molecule has 7 heteroatoms. The van der Waals surface area contributed by atoms with Crippen molar-refractivity contribution in [1.29, 1.82) is 0 Å². The summed E-state index contributed by atoms with van der Waals surface area (Å²) < 4.78 is 13.9. The first-order valence-corrected chi connectivity index (χ1v) is 5.81. The quantitative estimate of drug-likeness (QED) is 0.469. The van der Waals surface area contributed by atoms with Crippen molar-refractivity contribution in [3.63, 3.8) is 0 Å². The highest BCUT2D eigenvalue weighted by molar-refractivity contribution is 6.38. The normalized spacial score (nSPS) is 10.2. The fourth-order valence-corrected chi connectivity index (χ4v) is 1.31. The Hall–Kier alpha value is -2.83. The average molecular weight is 294 g/mol. The number of ether oxygens (including phenoxy) is 3. The molecule has 0 amide bonds. The fourth-order valence-electron chi connectivity index (χ4n) is 1.31. The van der Waals surface area contributed by atoms with Gasteiger partial charge in [-0.15, -0.1) is 0 Å². The predicted molar refractivity (Wildman–Crippen MR) is 70.6 cm³/mol. The van der Waals surface area contributed by atoms with E-state index in [2.05, 4.69) is 4.74 Å². The first kappa shape index (κ1) is 16.2. The summed E-state index contributed by atoms with van der Waals surface area (Å²) in [6, 6.07) is 4.36. The van der Waals surface area contributed by atoms with Gasteiger partial charge < -0.3 is 19.3 Å². The number of carbonyl (C=O) groups is 3. The van der Waals surface area contributed by atoms with Crippen LogP contribution in [0.25, 0.3) is 0 Å². The van der Waals surface area contributed by atoms with Crippen molar-refractivity contribution in [3.05, 3.63) is 35.9 Å². The van der Waals surface area contributed by atoms with Crippen LogP contribution in [0.1, 0.15) is 5.56 Å². The molecule has 0 radical (unpaired) electrons. The highest BCUT2D eigenvalue weighted by Gasteiger charge is 2.13. The standard InChI is InChI=1S/C14H14O7/c1-19-12-7-9(3-4-10(12)15)8-21-14(18)11(16)5-6-13(17)20-2/h3-7,15H,8H2,1-2H3/b6-5+. The van der Waals surface area contributed by atoms with Gasteiger partial charge in [0.25, 0.3) is 5.78 Å². The van der Waals surface area contributed by atoms with E-state index in [1.54, 1.807) is 0 Å². The molecule has 0 saturated carbocycles. The van der Waals surface area contributed by atoms with E-state index in [-0.39, 0.29) is 18.1 Å². The van der Waals surface area contributed by atoms with Crippen LogP contribution in [0.4, 0.5) is 0 Å². The van der Waals surface area contributed by atoms with Crippen molar-refractivity contribution >= 4 is 17.7 Å². The number of hydrogen-bond donors (Lipinski definition) is 1. The molecule has 0 fully saturated rings. The van der Waals surface area contributed by atoms with Gasteiger partial charge in [0, 0.05) is 12.2 Å². The molecule has 21 heavy (non-hydrogen) atoms. The summed E-state index contributed by atoms with van der Waals surface area (Å²) in [5.74, 6) is -2.67. The molecule has 112 valence electrons. The Balaban J connectivity index is 2.58. The Bertz CT molecular complexity index is 575. The summed E-state index contributed by atoms with van der Waals surface area (Å²) in [6.45, 7) is -0.173. The zero-order valence-electron chi connectivity index (χ0n) is 11.5. The molecule has 0 aliphatic rings. The fraction of sp³-hybridized carbons (Fsp3) is 0.214. The van der Waals surface area contributed by atoms with Crippen LogP contribution in [0.5, 0.6) is 11.5 Å². The monoisotopic (exact) mass is 294 g/mol. The molecule has 1 aromatic carbocycles. The maximum atomic E-state index is 11.4. The smallest absolute Gasteiger partial charge is 0.379 e. The summed E-state index contributed by atoms with van der Waals surface area (Å²) in [7, 11) is 2.53. The van der Waals surface area contributed by atoms with Gasteiger partial charge in [0.2, 0.25) is 0 Å².